The number of hydrogen-bond donors (Lipinski definition) is 1. The Morgan fingerprint density at radius 2 is 2.08 bits per heavy atom. The maximum atomic E-state index is 12.9. The Labute approximate surface area is 160 Å². The van der Waals surface area contributed by atoms with Gasteiger partial charge in [0.25, 0.3) is 0 Å². The van der Waals surface area contributed by atoms with Gasteiger partial charge in [0.15, 0.2) is 0 Å². The van der Waals surface area contributed by atoms with Crippen LogP contribution in [0.25, 0.3) is 0 Å². The van der Waals surface area contributed by atoms with Crippen molar-refractivity contribution in [2.24, 2.45) is 5.92 Å². The number of carbonyl (C=O) groups excluding carboxylic acids is 2. The lowest BCUT2D eigenvalue weighted by Gasteiger charge is -2.18. The molecule has 0 spiro atoms. The van der Waals surface area contributed by atoms with Crippen molar-refractivity contribution in [3.63, 3.8) is 0 Å². The van der Waals surface area contributed by atoms with Crippen molar-refractivity contribution in [1.29, 1.82) is 0 Å². The summed E-state index contributed by atoms with van der Waals surface area (Å²) in [7, 11) is 1.35. The number of anilines is 1. The zero-order chi connectivity index (χ0) is 18.7. The van der Waals surface area contributed by atoms with Gasteiger partial charge < -0.3 is 10.1 Å². The number of fused-ring (bicyclic) bond motifs is 1. The molecule has 1 N–H and O–H groups in total. The van der Waals surface area contributed by atoms with Crippen molar-refractivity contribution in [2.45, 2.75) is 31.1 Å². The van der Waals surface area contributed by atoms with E-state index < -0.39 is 5.97 Å². The third-order valence-electron chi connectivity index (χ3n) is 4.34. The highest BCUT2D eigenvalue weighted by molar-refractivity contribution is 8.00. The number of esters is 1. The van der Waals surface area contributed by atoms with Crippen molar-refractivity contribution in [3.05, 3.63) is 46.1 Å². The van der Waals surface area contributed by atoms with Crippen molar-refractivity contribution in [2.75, 3.05) is 18.2 Å². The van der Waals surface area contributed by atoms with Gasteiger partial charge in [0, 0.05) is 9.77 Å². The molecule has 0 saturated heterocycles. The molecule has 0 radical (unpaired) electrons. The van der Waals surface area contributed by atoms with Crippen LogP contribution in [0.1, 0.15) is 34.1 Å². The fourth-order valence-electron chi connectivity index (χ4n) is 3.00. The third-order valence-corrected chi connectivity index (χ3v) is 6.52. The molecular formula is C19H20FNO3S2. The molecule has 1 amide bonds. The number of thioether (sulfide) groups is 1. The van der Waals surface area contributed by atoms with Crippen LogP contribution in [0.3, 0.4) is 0 Å². The molecule has 7 heteroatoms. The molecule has 1 aliphatic rings. The quantitative estimate of drug-likeness (QED) is 0.599. The van der Waals surface area contributed by atoms with E-state index in [2.05, 4.69) is 12.2 Å². The molecule has 4 nitrogen and oxygen atoms in total. The fraction of sp³-hybridized carbons (Fsp3) is 0.368. The zero-order valence-corrected chi connectivity index (χ0v) is 16.3. The predicted octanol–water partition coefficient (Wildman–Crippen LogP) is 4.53. The summed E-state index contributed by atoms with van der Waals surface area (Å²) in [4.78, 5) is 26.5. The van der Waals surface area contributed by atoms with E-state index in [9.17, 15) is 14.0 Å². The molecule has 1 aromatic heterocycles. The minimum Gasteiger partial charge on any atom is -0.465 e. The Morgan fingerprint density at radius 1 is 1.35 bits per heavy atom. The summed E-state index contributed by atoms with van der Waals surface area (Å²) >= 11 is 2.79. The van der Waals surface area contributed by atoms with Gasteiger partial charge in [-0.15, -0.1) is 23.1 Å². The van der Waals surface area contributed by atoms with Crippen molar-refractivity contribution >= 4 is 40.0 Å². The summed E-state index contributed by atoms with van der Waals surface area (Å²) in [6.07, 6.45) is 2.78. The monoisotopic (exact) mass is 393 g/mol. The average Bonchev–Trinajstić information content (AvgIpc) is 2.97. The van der Waals surface area contributed by atoms with Crippen LogP contribution in [-0.2, 0) is 22.4 Å². The molecule has 1 heterocycles. The standard InChI is InChI=1S/C19H20FNO3S2/c1-11-3-8-14-15(9-11)26-18(17(14)19(23)24-2)21-16(22)10-25-13-6-4-12(20)5-7-13/h4-7,11H,3,8-10H2,1-2H3,(H,21,22)/t11-/m0/s1. The fourth-order valence-corrected chi connectivity index (χ4v) is 5.11. The molecule has 0 aliphatic heterocycles. The Hall–Kier alpha value is -1.86. The predicted molar refractivity (Wildman–Crippen MR) is 103 cm³/mol. The van der Waals surface area contributed by atoms with Gasteiger partial charge in [-0.05, 0) is 55.0 Å². The molecule has 0 unspecified atom stereocenters. The number of methoxy groups -OCH3 is 1. The van der Waals surface area contributed by atoms with Crippen molar-refractivity contribution in [3.8, 4) is 0 Å². The first-order valence-electron chi connectivity index (χ1n) is 8.39. The Morgan fingerprint density at radius 3 is 2.77 bits per heavy atom. The number of amides is 1. The number of hydrogen-bond acceptors (Lipinski definition) is 5. The number of halogens is 1. The lowest BCUT2D eigenvalue weighted by atomic mass is 9.88. The Bertz CT molecular complexity index is 817. The van der Waals surface area contributed by atoms with Gasteiger partial charge in [-0.25, -0.2) is 9.18 Å². The summed E-state index contributed by atoms with van der Waals surface area (Å²) < 4.78 is 17.9. The maximum Gasteiger partial charge on any atom is 0.341 e. The molecule has 1 aliphatic carbocycles. The van der Waals surface area contributed by atoms with Crippen LogP contribution in [0, 0.1) is 11.7 Å². The smallest absolute Gasteiger partial charge is 0.341 e. The van der Waals surface area contributed by atoms with Crippen molar-refractivity contribution in [1.82, 2.24) is 0 Å². The number of rotatable bonds is 5. The first-order valence-corrected chi connectivity index (χ1v) is 10.2. The maximum absolute atomic E-state index is 12.9. The minimum absolute atomic E-state index is 0.186. The van der Waals surface area contributed by atoms with E-state index in [0.29, 0.717) is 16.5 Å². The van der Waals surface area contributed by atoms with Gasteiger partial charge in [-0.3, -0.25) is 4.79 Å². The lowest BCUT2D eigenvalue weighted by molar-refractivity contribution is -0.113. The van der Waals surface area contributed by atoms with E-state index in [1.807, 2.05) is 0 Å². The summed E-state index contributed by atoms with van der Waals surface area (Å²) in [5.74, 6) is -0.149. The molecule has 0 saturated carbocycles. The summed E-state index contributed by atoms with van der Waals surface area (Å²) in [6, 6.07) is 6.00. The highest BCUT2D eigenvalue weighted by Gasteiger charge is 2.28. The molecule has 2 aromatic rings. The molecule has 3 rings (SSSR count). The molecule has 1 atom stereocenters. The topological polar surface area (TPSA) is 55.4 Å². The summed E-state index contributed by atoms with van der Waals surface area (Å²) in [5, 5.41) is 3.43. The Kier molecular flexibility index (Phi) is 5.98. The van der Waals surface area contributed by atoms with Gasteiger partial charge in [-0.1, -0.05) is 6.92 Å². The first kappa shape index (κ1) is 18.9. The van der Waals surface area contributed by atoms with Gasteiger partial charge in [0.1, 0.15) is 10.8 Å². The van der Waals surface area contributed by atoms with E-state index >= 15 is 0 Å². The van der Waals surface area contributed by atoms with Gasteiger partial charge in [0.05, 0.1) is 18.4 Å². The van der Waals surface area contributed by atoms with Crippen LogP contribution in [0.4, 0.5) is 9.39 Å². The number of carbonyl (C=O) groups is 2. The van der Waals surface area contributed by atoms with Crippen LogP contribution in [0.15, 0.2) is 29.2 Å². The normalized spacial score (nSPS) is 16.0. The molecule has 0 fully saturated rings. The van der Waals surface area contributed by atoms with Crippen LogP contribution in [-0.4, -0.2) is 24.7 Å². The van der Waals surface area contributed by atoms with Gasteiger partial charge in [-0.2, -0.15) is 0 Å². The van der Waals surface area contributed by atoms with Crippen LogP contribution >= 0.6 is 23.1 Å². The summed E-state index contributed by atoms with van der Waals surface area (Å²) in [5.41, 5.74) is 1.51. The van der Waals surface area contributed by atoms with Gasteiger partial charge >= 0.3 is 5.97 Å². The van der Waals surface area contributed by atoms with E-state index in [1.54, 1.807) is 12.1 Å². The van der Waals surface area contributed by atoms with Crippen molar-refractivity contribution < 1.29 is 18.7 Å². The van der Waals surface area contributed by atoms with E-state index in [4.69, 9.17) is 4.74 Å². The first-order chi connectivity index (χ1) is 12.5. The zero-order valence-electron chi connectivity index (χ0n) is 14.6. The lowest BCUT2D eigenvalue weighted by Crippen LogP contribution is -2.17. The molecular weight excluding hydrogens is 373 g/mol. The second kappa shape index (κ2) is 8.22. The van der Waals surface area contributed by atoms with Crippen LogP contribution in [0.2, 0.25) is 0 Å². The number of ether oxygens (including phenoxy) is 1. The largest absolute Gasteiger partial charge is 0.465 e. The molecule has 1 aromatic carbocycles. The highest BCUT2D eigenvalue weighted by Crippen LogP contribution is 2.40. The summed E-state index contributed by atoms with van der Waals surface area (Å²) in [6.45, 7) is 2.19. The Balaban J connectivity index is 1.73. The molecule has 0 bridgehead atoms. The minimum atomic E-state index is -0.404. The average molecular weight is 394 g/mol. The molecule has 138 valence electrons. The second-order valence-corrected chi connectivity index (χ2v) is 8.49. The second-order valence-electron chi connectivity index (χ2n) is 6.34. The SMILES string of the molecule is COC(=O)c1c(NC(=O)CSc2ccc(F)cc2)sc2c1CC[C@H](C)C2. The van der Waals surface area contributed by atoms with E-state index in [-0.39, 0.29) is 17.5 Å². The number of nitrogens with one attached hydrogen (secondary N) is 1. The highest BCUT2D eigenvalue weighted by atomic mass is 32.2. The third kappa shape index (κ3) is 4.27. The van der Waals surface area contributed by atoms with Crippen LogP contribution < -0.4 is 5.32 Å². The van der Waals surface area contributed by atoms with E-state index in [1.165, 1.54) is 42.3 Å². The number of benzene rings is 1. The van der Waals surface area contributed by atoms with Gasteiger partial charge in [0.2, 0.25) is 5.91 Å². The number of thiophene rings is 1. The molecule has 26 heavy (non-hydrogen) atoms. The van der Waals surface area contributed by atoms with Crippen LogP contribution in [0.5, 0.6) is 0 Å². The van der Waals surface area contributed by atoms with E-state index in [0.717, 1.165) is 34.6 Å².